The summed E-state index contributed by atoms with van der Waals surface area (Å²) in [7, 11) is 0. The Bertz CT molecular complexity index is 784. The van der Waals surface area contributed by atoms with E-state index in [0.29, 0.717) is 26.2 Å². The van der Waals surface area contributed by atoms with Crippen LogP contribution in [0.5, 0.6) is 0 Å². The van der Waals surface area contributed by atoms with Crippen molar-refractivity contribution in [1.82, 2.24) is 15.1 Å². The quantitative estimate of drug-likeness (QED) is 0.806. The van der Waals surface area contributed by atoms with Gasteiger partial charge in [-0.05, 0) is 35.1 Å². The van der Waals surface area contributed by atoms with Crippen LogP contribution >= 0.6 is 11.3 Å². The average molecular weight is 404 g/mol. The number of nitrogens with one attached hydrogen (secondary N) is 1. The normalized spacial score (nSPS) is 15.7. The fraction of sp³-hybridized carbons (Fsp3) is 0.429. The van der Waals surface area contributed by atoms with Crippen LogP contribution < -0.4 is 5.32 Å². The van der Waals surface area contributed by atoms with Crippen molar-refractivity contribution in [2.75, 3.05) is 32.7 Å². The Morgan fingerprint density at radius 3 is 2.29 bits per heavy atom. The number of thiophene rings is 1. The molecule has 7 heteroatoms. The van der Waals surface area contributed by atoms with Crippen LogP contribution in [0.4, 0.5) is 4.39 Å². The van der Waals surface area contributed by atoms with E-state index in [1.807, 2.05) is 17.5 Å². The minimum Gasteiger partial charge on any atom is -0.338 e. The number of halogens is 1. The van der Waals surface area contributed by atoms with Gasteiger partial charge in [-0.3, -0.25) is 9.59 Å². The maximum atomic E-state index is 13.2. The number of nitrogens with zero attached hydrogens (tertiary/aromatic N) is 2. The summed E-state index contributed by atoms with van der Waals surface area (Å²) in [5.74, 6) is 0.0585. The molecule has 2 aromatic rings. The molecule has 1 atom stereocenters. The molecule has 150 valence electrons. The summed E-state index contributed by atoms with van der Waals surface area (Å²) in [5.41, 5.74) is 0.968. The van der Waals surface area contributed by atoms with Gasteiger partial charge < -0.3 is 15.1 Å². The summed E-state index contributed by atoms with van der Waals surface area (Å²) >= 11 is 1.44. The molecule has 0 unspecified atom stereocenters. The van der Waals surface area contributed by atoms with Gasteiger partial charge in [0.2, 0.25) is 5.91 Å². The van der Waals surface area contributed by atoms with Gasteiger partial charge in [0.1, 0.15) is 5.82 Å². The molecule has 28 heavy (non-hydrogen) atoms. The predicted molar refractivity (Wildman–Crippen MR) is 109 cm³/mol. The van der Waals surface area contributed by atoms with Crippen LogP contribution in [-0.4, -0.2) is 54.3 Å². The molecule has 2 heterocycles. The van der Waals surface area contributed by atoms with E-state index in [2.05, 4.69) is 19.2 Å². The van der Waals surface area contributed by atoms with Crippen LogP contribution in [0.15, 0.2) is 41.8 Å². The van der Waals surface area contributed by atoms with Crippen LogP contribution in [0.3, 0.4) is 0 Å². The molecule has 0 aliphatic carbocycles. The molecule has 5 nitrogen and oxygen atoms in total. The van der Waals surface area contributed by atoms with Crippen molar-refractivity contribution in [3.63, 3.8) is 0 Å². The highest BCUT2D eigenvalue weighted by Gasteiger charge is 2.26. The van der Waals surface area contributed by atoms with Gasteiger partial charge in [0.15, 0.2) is 0 Å². The molecule has 1 aromatic carbocycles. The number of hydrogen-bond acceptors (Lipinski definition) is 4. The maximum Gasteiger partial charge on any atom is 0.264 e. The minimum absolute atomic E-state index is 0.0220. The Morgan fingerprint density at radius 2 is 1.71 bits per heavy atom. The van der Waals surface area contributed by atoms with E-state index in [1.54, 1.807) is 21.9 Å². The first kappa shape index (κ1) is 20.5. The molecule has 1 aliphatic rings. The molecule has 1 fully saturated rings. The third-order valence-corrected chi connectivity index (χ3v) is 5.88. The lowest BCUT2D eigenvalue weighted by Crippen LogP contribution is -2.52. The molecule has 2 amide bonds. The number of amides is 2. The lowest BCUT2D eigenvalue weighted by Gasteiger charge is -2.35. The van der Waals surface area contributed by atoms with Gasteiger partial charge in [-0.25, -0.2) is 4.39 Å². The summed E-state index contributed by atoms with van der Waals surface area (Å²) in [6.07, 6.45) is 0. The molecule has 0 saturated carbocycles. The maximum absolute atomic E-state index is 13.2. The highest BCUT2D eigenvalue weighted by Crippen LogP contribution is 2.22. The van der Waals surface area contributed by atoms with E-state index in [1.165, 1.54) is 23.5 Å². The number of carbonyl (C=O) groups excluding carboxylic acids is 2. The number of rotatable bonds is 6. The van der Waals surface area contributed by atoms with E-state index in [-0.39, 0.29) is 36.1 Å². The lowest BCUT2D eigenvalue weighted by molar-refractivity contribution is -0.131. The van der Waals surface area contributed by atoms with Gasteiger partial charge in [0.25, 0.3) is 5.91 Å². The monoisotopic (exact) mass is 403 g/mol. The van der Waals surface area contributed by atoms with Gasteiger partial charge in [0.05, 0.1) is 11.4 Å². The summed E-state index contributed by atoms with van der Waals surface area (Å²) in [6.45, 7) is 6.54. The molecule has 1 aliphatic heterocycles. The van der Waals surface area contributed by atoms with Crippen LogP contribution in [0.1, 0.15) is 35.1 Å². The van der Waals surface area contributed by atoms with Crippen LogP contribution in [0.25, 0.3) is 0 Å². The Kier molecular flexibility index (Phi) is 6.80. The molecule has 0 radical (unpaired) electrons. The zero-order valence-corrected chi connectivity index (χ0v) is 17.0. The molecule has 3 rings (SSSR count). The molecule has 1 saturated heterocycles. The SMILES string of the molecule is CC(C)[C@H](NCC(=O)N1CCN(C(=O)c2cccs2)CC1)c1ccc(F)cc1. The van der Waals surface area contributed by atoms with Gasteiger partial charge in [-0.1, -0.05) is 32.0 Å². The van der Waals surface area contributed by atoms with E-state index in [4.69, 9.17) is 0 Å². The number of carbonyl (C=O) groups is 2. The van der Waals surface area contributed by atoms with Crippen molar-refractivity contribution in [3.8, 4) is 0 Å². The fourth-order valence-electron chi connectivity index (χ4n) is 3.43. The molecular formula is C21H26FN3O2S. The molecule has 1 N–H and O–H groups in total. The van der Waals surface area contributed by atoms with Crippen LogP contribution in [0.2, 0.25) is 0 Å². The second kappa shape index (κ2) is 9.30. The zero-order valence-electron chi connectivity index (χ0n) is 16.2. The lowest BCUT2D eigenvalue weighted by atomic mass is 9.96. The first-order chi connectivity index (χ1) is 13.5. The summed E-state index contributed by atoms with van der Waals surface area (Å²) in [6, 6.07) is 10.1. The second-order valence-electron chi connectivity index (χ2n) is 7.30. The molecule has 0 spiro atoms. The van der Waals surface area contributed by atoms with Crippen molar-refractivity contribution in [2.24, 2.45) is 5.92 Å². The minimum atomic E-state index is -0.266. The van der Waals surface area contributed by atoms with Gasteiger partial charge in [0, 0.05) is 32.2 Å². The van der Waals surface area contributed by atoms with E-state index in [9.17, 15) is 14.0 Å². The third-order valence-electron chi connectivity index (χ3n) is 5.02. The Labute approximate surface area is 169 Å². The van der Waals surface area contributed by atoms with Crippen molar-refractivity contribution >= 4 is 23.2 Å². The predicted octanol–water partition coefficient (Wildman–Crippen LogP) is 3.16. The van der Waals surface area contributed by atoms with Crippen molar-refractivity contribution in [1.29, 1.82) is 0 Å². The molecule has 0 bridgehead atoms. The highest BCUT2D eigenvalue weighted by atomic mass is 32.1. The first-order valence-corrected chi connectivity index (χ1v) is 10.4. The van der Waals surface area contributed by atoms with Gasteiger partial charge >= 0.3 is 0 Å². The Morgan fingerprint density at radius 1 is 1.07 bits per heavy atom. The summed E-state index contributed by atoms with van der Waals surface area (Å²) in [4.78, 5) is 29.4. The van der Waals surface area contributed by atoms with E-state index in [0.717, 1.165) is 10.4 Å². The number of benzene rings is 1. The summed E-state index contributed by atoms with van der Waals surface area (Å²) < 4.78 is 13.2. The standard InChI is InChI=1S/C21H26FN3O2S/c1-15(2)20(16-5-7-17(22)8-6-16)23-14-19(26)24-9-11-25(12-10-24)21(27)18-4-3-13-28-18/h3-8,13,15,20,23H,9-12,14H2,1-2H3/t20-/m0/s1. The van der Waals surface area contributed by atoms with Crippen molar-refractivity contribution in [3.05, 3.63) is 58.0 Å². The largest absolute Gasteiger partial charge is 0.338 e. The van der Waals surface area contributed by atoms with Gasteiger partial charge in [-0.15, -0.1) is 11.3 Å². The molecular weight excluding hydrogens is 377 g/mol. The first-order valence-electron chi connectivity index (χ1n) is 9.55. The zero-order chi connectivity index (χ0) is 20.1. The van der Waals surface area contributed by atoms with Crippen molar-refractivity contribution < 1.29 is 14.0 Å². The van der Waals surface area contributed by atoms with Crippen LogP contribution in [0, 0.1) is 11.7 Å². The second-order valence-corrected chi connectivity index (χ2v) is 8.25. The summed E-state index contributed by atoms with van der Waals surface area (Å²) in [5, 5.41) is 5.21. The van der Waals surface area contributed by atoms with Gasteiger partial charge in [-0.2, -0.15) is 0 Å². The smallest absolute Gasteiger partial charge is 0.264 e. The fourth-order valence-corrected chi connectivity index (χ4v) is 4.12. The Hall–Kier alpha value is -2.25. The number of hydrogen-bond donors (Lipinski definition) is 1. The van der Waals surface area contributed by atoms with E-state index < -0.39 is 0 Å². The Balaban J connectivity index is 1.51. The van der Waals surface area contributed by atoms with Crippen molar-refractivity contribution in [2.45, 2.75) is 19.9 Å². The number of piperazine rings is 1. The molecule has 1 aromatic heterocycles. The average Bonchev–Trinajstić information content (AvgIpc) is 3.23. The topological polar surface area (TPSA) is 52.7 Å². The van der Waals surface area contributed by atoms with Crippen LogP contribution in [-0.2, 0) is 4.79 Å². The third kappa shape index (κ3) is 4.97. The highest BCUT2D eigenvalue weighted by molar-refractivity contribution is 7.12. The van der Waals surface area contributed by atoms with E-state index >= 15 is 0 Å².